The summed E-state index contributed by atoms with van der Waals surface area (Å²) >= 11 is 18.2. The molecule has 0 aliphatic carbocycles. The number of anilines is 1. The van der Waals surface area contributed by atoms with Crippen LogP contribution >= 0.6 is 34.8 Å². The maximum absolute atomic E-state index is 13.9. The monoisotopic (exact) mass is 457 g/mol. The summed E-state index contributed by atoms with van der Waals surface area (Å²) in [5.41, 5.74) is 1.68. The van der Waals surface area contributed by atoms with Crippen LogP contribution in [0.2, 0.25) is 15.1 Å². The lowest BCUT2D eigenvalue weighted by Gasteiger charge is -2.16. The summed E-state index contributed by atoms with van der Waals surface area (Å²) in [6.45, 7) is 0.282. The van der Waals surface area contributed by atoms with E-state index in [0.29, 0.717) is 23.0 Å². The van der Waals surface area contributed by atoms with Gasteiger partial charge in [-0.1, -0.05) is 40.9 Å². The van der Waals surface area contributed by atoms with Gasteiger partial charge in [-0.2, -0.15) is 0 Å². The first-order valence-electron chi connectivity index (χ1n) is 8.50. The van der Waals surface area contributed by atoms with Crippen molar-refractivity contribution in [2.24, 2.45) is 0 Å². The molecule has 0 saturated heterocycles. The van der Waals surface area contributed by atoms with Crippen LogP contribution in [0.15, 0.2) is 48.5 Å². The average Bonchev–Trinajstić information content (AvgIpc) is 2.69. The molecule has 0 radical (unpaired) electrons. The van der Waals surface area contributed by atoms with Gasteiger partial charge in [-0.15, -0.1) is 0 Å². The molecule has 3 aromatic rings. The third-order valence-corrected chi connectivity index (χ3v) is 5.05. The van der Waals surface area contributed by atoms with E-state index in [-0.39, 0.29) is 28.0 Å². The highest BCUT2D eigenvalue weighted by Gasteiger charge is 2.15. The summed E-state index contributed by atoms with van der Waals surface area (Å²) < 4.78 is 38.3. The normalized spacial score (nSPS) is 10.7. The fourth-order valence-corrected chi connectivity index (χ4v) is 3.33. The predicted molar refractivity (Wildman–Crippen MR) is 112 cm³/mol. The fourth-order valence-electron chi connectivity index (χ4n) is 2.64. The summed E-state index contributed by atoms with van der Waals surface area (Å²) in [7, 11) is 1.48. The third kappa shape index (κ3) is 5.24. The Hall–Kier alpha value is -2.21. The Bertz CT molecular complexity index is 1010. The van der Waals surface area contributed by atoms with Crippen LogP contribution < -0.4 is 14.8 Å². The molecular weight excluding hydrogens is 443 g/mol. The molecule has 0 saturated carbocycles. The van der Waals surface area contributed by atoms with Gasteiger partial charge in [-0.25, -0.2) is 8.78 Å². The molecule has 0 fully saturated rings. The first-order valence-corrected chi connectivity index (χ1v) is 9.63. The van der Waals surface area contributed by atoms with Gasteiger partial charge in [0.05, 0.1) is 22.2 Å². The minimum atomic E-state index is -0.488. The van der Waals surface area contributed by atoms with Crippen molar-refractivity contribution in [3.63, 3.8) is 0 Å². The molecule has 0 aromatic heterocycles. The van der Waals surface area contributed by atoms with Crippen LogP contribution in [0.5, 0.6) is 11.5 Å². The molecule has 0 aliphatic rings. The molecule has 152 valence electrons. The van der Waals surface area contributed by atoms with Crippen molar-refractivity contribution in [1.29, 1.82) is 0 Å². The Labute approximate surface area is 182 Å². The lowest BCUT2D eigenvalue weighted by molar-refractivity contribution is 0.280. The fraction of sp³-hybridized carbons (Fsp3) is 0.143. The Balaban J connectivity index is 1.75. The van der Waals surface area contributed by atoms with Crippen molar-refractivity contribution >= 4 is 40.5 Å². The molecule has 0 atom stereocenters. The molecule has 3 rings (SSSR count). The van der Waals surface area contributed by atoms with Crippen LogP contribution in [0.4, 0.5) is 14.5 Å². The topological polar surface area (TPSA) is 30.5 Å². The minimum Gasteiger partial charge on any atom is -0.493 e. The summed E-state index contributed by atoms with van der Waals surface area (Å²) in [4.78, 5) is 0. The Morgan fingerprint density at radius 3 is 2.38 bits per heavy atom. The Kier molecular flexibility index (Phi) is 7.06. The quantitative estimate of drug-likeness (QED) is 0.409. The second kappa shape index (κ2) is 9.53. The number of ether oxygens (including phenoxy) is 2. The Morgan fingerprint density at radius 1 is 0.897 bits per heavy atom. The minimum absolute atomic E-state index is 0.0289. The van der Waals surface area contributed by atoms with Gasteiger partial charge in [-0.3, -0.25) is 0 Å². The highest BCUT2D eigenvalue weighted by atomic mass is 35.5. The molecule has 1 N–H and O–H groups in total. The summed E-state index contributed by atoms with van der Waals surface area (Å²) in [6.07, 6.45) is 0. The number of methoxy groups -OCH3 is 1. The predicted octanol–water partition coefficient (Wildman–Crippen LogP) is 7.12. The Morgan fingerprint density at radius 2 is 1.69 bits per heavy atom. The summed E-state index contributed by atoms with van der Waals surface area (Å²) in [5, 5.41) is 3.72. The number of rotatable bonds is 7. The molecule has 3 aromatic carbocycles. The van der Waals surface area contributed by atoms with Crippen LogP contribution in [0.1, 0.15) is 11.1 Å². The van der Waals surface area contributed by atoms with E-state index in [4.69, 9.17) is 44.3 Å². The molecule has 0 aliphatic heterocycles. The van der Waals surface area contributed by atoms with E-state index in [1.54, 1.807) is 24.3 Å². The SMILES string of the molecule is COc1cc(CNc2ccc(F)c(Cl)c2)cc(Cl)c1OCc1c(F)cccc1Cl. The summed E-state index contributed by atoms with van der Waals surface area (Å²) in [5.74, 6) is -0.286. The van der Waals surface area contributed by atoms with Gasteiger partial charge in [0.15, 0.2) is 11.5 Å². The molecule has 0 heterocycles. The van der Waals surface area contributed by atoms with E-state index in [2.05, 4.69) is 5.32 Å². The highest BCUT2D eigenvalue weighted by molar-refractivity contribution is 6.32. The average molecular weight is 459 g/mol. The van der Waals surface area contributed by atoms with Crippen molar-refractivity contribution in [3.05, 3.63) is 86.4 Å². The number of hydrogen-bond acceptors (Lipinski definition) is 3. The van der Waals surface area contributed by atoms with E-state index in [0.717, 1.165) is 5.56 Å². The number of nitrogens with one attached hydrogen (secondary N) is 1. The molecular formula is C21H16Cl3F2NO2. The van der Waals surface area contributed by atoms with Crippen molar-refractivity contribution < 1.29 is 18.3 Å². The zero-order valence-corrected chi connectivity index (χ0v) is 17.5. The largest absolute Gasteiger partial charge is 0.493 e. The van der Waals surface area contributed by atoms with E-state index in [1.807, 2.05) is 0 Å². The molecule has 8 heteroatoms. The van der Waals surface area contributed by atoms with Crippen LogP contribution in [-0.4, -0.2) is 7.11 Å². The standard InChI is InChI=1S/C21H16Cl3F2NO2/c1-28-20-8-12(10-27-13-5-6-19(26)16(23)9-13)7-17(24)21(20)29-11-14-15(22)3-2-4-18(14)25/h2-9,27H,10-11H2,1H3. The molecule has 0 bridgehead atoms. The van der Waals surface area contributed by atoms with Gasteiger partial charge in [0.1, 0.15) is 18.2 Å². The first kappa shape index (κ1) is 21.5. The van der Waals surface area contributed by atoms with Crippen molar-refractivity contribution in [2.45, 2.75) is 13.2 Å². The van der Waals surface area contributed by atoms with E-state index < -0.39 is 11.6 Å². The van der Waals surface area contributed by atoms with Crippen LogP contribution in [-0.2, 0) is 13.2 Å². The van der Waals surface area contributed by atoms with Crippen molar-refractivity contribution in [1.82, 2.24) is 0 Å². The zero-order chi connectivity index (χ0) is 21.0. The first-order chi connectivity index (χ1) is 13.9. The van der Waals surface area contributed by atoms with Crippen LogP contribution in [0.3, 0.4) is 0 Å². The summed E-state index contributed by atoms with van der Waals surface area (Å²) in [6, 6.07) is 12.2. The molecule has 3 nitrogen and oxygen atoms in total. The van der Waals surface area contributed by atoms with Gasteiger partial charge in [0.25, 0.3) is 0 Å². The van der Waals surface area contributed by atoms with Gasteiger partial charge >= 0.3 is 0 Å². The third-order valence-electron chi connectivity index (χ3n) is 4.13. The van der Waals surface area contributed by atoms with Crippen molar-refractivity contribution in [2.75, 3.05) is 12.4 Å². The second-order valence-electron chi connectivity index (χ2n) is 6.08. The maximum atomic E-state index is 13.9. The van der Waals surface area contributed by atoms with E-state index >= 15 is 0 Å². The molecule has 0 amide bonds. The smallest absolute Gasteiger partial charge is 0.180 e. The van der Waals surface area contributed by atoms with Gasteiger partial charge < -0.3 is 14.8 Å². The van der Waals surface area contributed by atoms with Crippen molar-refractivity contribution in [3.8, 4) is 11.5 Å². The van der Waals surface area contributed by atoms with Gasteiger partial charge in [-0.05, 0) is 48.0 Å². The van der Waals surface area contributed by atoms with Gasteiger partial charge in [0, 0.05) is 17.8 Å². The van der Waals surface area contributed by atoms with E-state index in [9.17, 15) is 8.78 Å². The number of halogens is 5. The second-order valence-corrected chi connectivity index (χ2v) is 7.30. The molecule has 29 heavy (non-hydrogen) atoms. The number of benzene rings is 3. The zero-order valence-electron chi connectivity index (χ0n) is 15.2. The lowest BCUT2D eigenvalue weighted by atomic mass is 10.2. The highest BCUT2D eigenvalue weighted by Crippen LogP contribution is 2.37. The maximum Gasteiger partial charge on any atom is 0.180 e. The molecule has 0 spiro atoms. The molecule has 0 unspecified atom stereocenters. The van der Waals surface area contributed by atoms with E-state index in [1.165, 1.54) is 31.4 Å². The lowest BCUT2D eigenvalue weighted by Crippen LogP contribution is -2.04. The van der Waals surface area contributed by atoms with Crippen LogP contribution in [0.25, 0.3) is 0 Å². The van der Waals surface area contributed by atoms with Crippen LogP contribution in [0, 0.1) is 11.6 Å². The number of hydrogen-bond donors (Lipinski definition) is 1. The van der Waals surface area contributed by atoms with Gasteiger partial charge in [0.2, 0.25) is 0 Å².